The summed E-state index contributed by atoms with van der Waals surface area (Å²) < 4.78 is 4.69. The Morgan fingerprint density at radius 1 is 1.17 bits per heavy atom. The van der Waals surface area contributed by atoms with Gasteiger partial charge in [-0.1, -0.05) is 26.0 Å². The molecule has 1 atom stereocenters. The lowest BCUT2D eigenvalue weighted by atomic mass is 10.0. The summed E-state index contributed by atoms with van der Waals surface area (Å²) in [5.74, 6) is 1.18. The van der Waals surface area contributed by atoms with Gasteiger partial charge in [0.05, 0.1) is 12.7 Å². The van der Waals surface area contributed by atoms with E-state index in [1.165, 1.54) is 13.5 Å². The molecule has 5 nitrogen and oxygen atoms in total. The minimum atomic E-state index is -0.319. The molecule has 0 spiro atoms. The maximum atomic E-state index is 11.4. The topological polar surface area (TPSA) is 62.7 Å². The number of nitrogens with one attached hydrogen (secondary N) is 2. The molecule has 1 rings (SSSR count). The highest BCUT2D eigenvalue weighted by Gasteiger charge is 2.07. The summed E-state index contributed by atoms with van der Waals surface area (Å²) >= 11 is 0. The fourth-order valence-corrected chi connectivity index (χ4v) is 2.15. The third-order valence-electron chi connectivity index (χ3n) is 3.62. The fourth-order valence-electron chi connectivity index (χ4n) is 2.15. The van der Waals surface area contributed by atoms with Gasteiger partial charge in [0.2, 0.25) is 0 Å². The van der Waals surface area contributed by atoms with Gasteiger partial charge < -0.3 is 15.4 Å². The number of halogens is 1. The van der Waals surface area contributed by atoms with Crippen molar-refractivity contribution in [1.29, 1.82) is 0 Å². The molecule has 0 aliphatic heterocycles. The molecule has 0 radical (unpaired) electrons. The Kier molecular flexibility index (Phi) is 11.4. The van der Waals surface area contributed by atoms with E-state index in [4.69, 9.17) is 4.74 Å². The molecule has 24 heavy (non-hydrogen) atoms. The number of carbonyl (C=O) groups excluding carboxylic acids is 1. The largest absolute Gasteiger partial charge is 0.465 e. The minimum Gasteiger partial charge on any atom is -0.465 e. The molecule has 2 N–H and O–H groups in total. The maximum absolute atomic E-state index is 11.4. The van der Waals surface area contributed by atoms with Gasteiger partial charge in [-0.15, -0.1) is 24.0 Å². The van der Waals surface area contributed by atoms with Crippen molar-refractivity contribution in [2.75, 3.05) is 14.2 Å². The van der Waals surface area contributed by atoms with Crippen LogP contribution in [0.1, 0.15) is 49.5 Å². The Morgan fingerprint density at radius 2 is 1.79 bits per heavy atom. The minimum absolute atomic E-state index is 0. The lowest BCUT2D eigenvalue weighted by Gasteiger charge is -2.18. The van der Waals surface area contributed by atoms with Crippen LogP contribution in [0.5, 0.6) is 0 Å². The average molecular weight is 447 g/mol. The van der Waals surface area contributed by atoms with Gasteiger partial charge in [0.15, 0.2) is 5.96 Å². The summed E-state index contributed by atoms with van der Waals surface area (Å²) in [4.78, 5) is 15.7. The summed E-state index contributed by atoms with van der Waals surface area (Å²) in [7, 11) is 3.15. The summed E-state index contributed by atoms with van der Waals surface area (Å²) in [5, 5.41) is 6.69. The summed E-state index contributed by atoms with van der Waals surface area (Å²) in [6.45, 7) is 7.29. The molecule has 136 valence electrons. The van der Waals surface area contributed by atoms with Crippen LogP contribution in [0.2, 0.25) is 0 Å². The van der Waals surface area contributed by atoms with Crippen molar-refractivity contribution in [2.24, 2.45) is 10.9 Å². The van der Waals surface area contributed by atoms with Gasteiger partial charge in [0.1, 0.15) is 0 Å². The molecule has 0 heterocycles. The van der Waals surface area contributed by atoms with Crippen LogP contribution in [0.25, 0.3) is 0 Å². The summed E-state index contributed by atoms with van der Waals surface area (Å²) in [6.07, 6.45) is 2.31. The summed E-state index contributed by atoms with van der Waals surface area (Å²) in [6, 6.07) is 7.74. The number of esters is 1. The Bertz CT molecular complexity index is 516. The first-order valence-corrected chi connectivity index (χ1v) is 8.10. The zero-order valence-electron chi connectivity index (χ0n) is 15.3. The van der Waals surface area contributed by atoms with Gasteiger partial charge in [0, 0.05) is 19.6 Å². The van der Waals surface area contributed by atoms with Crippen molar-refractivity contribution in [3.05, 3.63) is 35.4 Å². The Morgan fingerprint density at radius 3 is 2.29 bits per heavy atom. The first-order valence-electron chi connectivity index (χ1n) is 8.10. The average Bonchev–Trinajstić information content (AvgIpc) is 2.56. The van der Waals surface area contributed by atoms with Gasteiger partial charge in [0.25, 0.3) is 0 Å². The summed E-state index contributed by atoms with van der Waals surface area (Å²) in [5.41, 5.74) is 1.64. The number of benzene rings is 1. The monoisotopic (exact) mass is 447 g/mol. The van der Waals surface area contributed by atoms with E-state index in [1.807, 2.05) is 12.1 Å². The lowest BCUT2D eigenvalue weighted by molar-refractivity contribution is 0.0600. The van der Waals surface area contributed by atoms with Crippen LogP contribution in [0.4, 0.5) is 0 Å². The molecule has 0 aliphatic carbocycles. The molecule has 0 saturated carbocycles. The number of hydrogen-bond donors (Lipinski definition) is 2. The van der Waals surface area contributed by atoms with Gasteiger partial charge in [-0.25, -0.2) is 4.79 Å². The van der Waals surface area contributed by atoms with Crippen LogP contribution in [-0.2, 0) is 11.3 Å². The van der Waals surface area contributed by atoms with E-state index in [2.05, 4.69) is 36.4 Å². The molecular formula is C18H30IN3O2. The number of hydrogen-bond acceptors (Lipinski definition) is 3. The highest BCUT2D eigenvalue weighted by atomic mass is 127. The zero-order chi connectivity index (χ0) is 17.2. The van der Waals surface area contributed by atoms with Gasteiger partial charge in [-0.2, -0.15) is 0 Å². The predicted octanol–water partition coefficient (Wildman–Crippen LogP) is 3.58. The molecule has 0 bridgehead atoms. The molecule has 6 heteroatoms. The van der Waals surface area contributed by atoms with Crippen LogP contribution in [0.15, 0.2) is 29.3 Å². The third kappa shape index (κ3) is 8.52. The van der Waals surface area contributed by atoms with Crippen molar-refractivity contribution in [3.63, 3.8) is 0 Å². The van der Waals surface area contributed by atoms with Crippen LogP contribution in [0.3, 0.4) is 0 Å². The lowest BCUT2D eigenvalue weighted by Crippen LogP contribution is -2.41. The second-order valence-corrected chi connectivity index (χ2v) is 6.13. The zero-order valence-corrected chi connectivity index (χ0v) is 17.6. The molecule has 1 aromatic carbocycles. The fraction of sp³-hybridized carbons (Fsp3) is 0.556. The Balaban J connectivity index is 0.00000529. The Hall–Kier alpha value is -1.31. The van der Waals surface area contributed by atoms with Gasteiger partial charge in [-0.3, -0.25) is 4.99 Å². The van der Waals surface area contributed by atoms with Crippen molar-refractivity contribution in [1.82, 2.24) is 10.6 Å². The van der Waals surface area contributed by atoms with Crippen LogP contribution in [0, 0.1) is 5.92 Å². The van der Waals surface area contributed by atoms with E-state index in [0.29, 0.717) is 24.1 Å². The highest BCUT2D eigenvalue weighted by molar-refractivity contribution is 14.0. The van der Waals surface area contributed by atoms with Crippen LogP contribution >= 0.6 is 24.0 Å². The molecule has 0 fully saturated rings. The van der Waals surface area contributed by atoms with Gasteiger partial charge >= 0.3 is 5.97 Å². The number of ether oxygens (including phenoxy) is 1. The highest BCUT2D eigenvalue weighted by Crippen LogP contribution is 2.07. The molecule has 1 aromatic rings. The number of carbonyl (C=O) groups is 1. The molecule has 0 saturated heterocycles. The first kappa shape index (κ1) is 22.7. The van der Waals surface area contributed by atoms with E-state index in [9.17, 15) is 4.79 Å². The van der Waals surface area contributed by atoms with Crippen LogP contribution < -0.4 is 10.6 Å². The molecule has 1 unspecified atom stereocenters. The van der Waals surface area contributed by atoms with E-state index in [1.54, 1.807) is 19.2 Å². The molecule has 0 aliphatic rings. The first-order chi connectivity index (χ1) is 11.0. The van der Waals surface area contributed by atoms with E-state index in [-0.39, 0.29) is 29.9 Å². The standard InChI is InChI=1S/C18H29N3O2.HI/c1-13(2)6-7-14(3)21-18(19-4)20-12-15-8-10-16(11-9-15)17(22)23-5;/h8-11,13-14H,6-7,12H2,1-5H3,(H2,19,20,21);1H. The van der Waals surface area contributed by atoms with Gasteiger partial charge in [-0.05, 0) is 43.4 Å². The van der Waals surface area contributed by atoms with Crippen molar-refractivity contribution < 1.29 is 9.53 Å². The molecular weight excluding hydrogens is 417 g/mol. The number of methoxy groups -OCH3 is 1. The molecule has 0 amide bonds. The van der Waals surface area contributed by atoms with Crippen LogP contribution in [-0.4, -0.2) is 32.1 Å². The number of rotatable bonds is 7. The quantitative estimate of drug-likeness (QED) is 0.290. The second kappa shape index (κ2) is 12.1. The van der Waals surface area contributed by atoms with Crippen molar-refractivity contribution in [3.8, 4) is 0 Å². The molecule has 0 aromatic heterocycles. The predicted molar refractivity (Wildman–Crippen MR) is 110 cm³/mol. The number of guanidine groups is 1. The third-order valence-corrected chi connectivity index (χ3v) is 3.62. The SMILES string of the molecule is CN=C(NCc1ccc(C(=O)OC)cc1)NC(C)CCC(C)C.I. The normalized spacial score (nSPS) is 12.3. The van der Waals surface area contributed by atoms with E-state index in [0.717, 1.165) is 17.9 Å². The van der Waals surface area contributed by atoms with Crippen molar-refractivity contribution >= 4 is 35.9 Å². The van der Waals surface area contributed by atoms with Crippen molar-refractivity contribution in [2.45, 2.75) is 46.2 Å². The second-order valence-electron chi connectivity index (χ2n) is 6.13. The number of nitrogens with zero attached hydrogens (tertiary/aromatic N) is 1. The maximum Gasteiger partial charge on any atom is 0.337 e. The number of aliphatic imine (C=N–C) groups is 1. The van der Waals surface area contributed by atoms with E-state index < -0.39 is 0 Å². The smallest absolute Gasteiger partial charge is 0.337 e. The Labute approximate surface area is 162 Å². The van der Waals surface area contributed by atoms with E-state index >= 15 is 0 Å².